The molecule has 52 heavy (non-hydrogen) atoms. The zero-order valence-electron chi connectivity index (χ0n) is 28.1. The summed E-state index contributed by atoms with van der Waals surface area (Å²) in [5, 5.41) is 16.9. The monoisotopic (exact) mass is 1040 g/mol. The number of hydrogen-bond donors (Lipinski definition) is 0. The van der Waals surface area contributed by atoms with Gasteiger partial charge in [0.2, 0.25) is 0 Å². The Morgan fingerprint density at radius 3 is 1.29 bits per heavy atom. The molecule has 0 bridgehead atoms. The number of aromatic nitrogens is 6. The summed E-state index contributed by atoms with van der Waals surface area (Å²) >= 11 is 0. The van der Waals surface area contributed by atoms with Gasteiger partial charge in [-0.25, -0.2) is 0 Å². The number of benzene rings is 4. The van der Waals surface area contributed by atoms with Gasteiger partial charge in [0.15, 0.2) is 0 Å². The van der Waals surface area contributed by atoms with E-state index in [2.05, 4.69) is 150 Å². The minimum absolute atomic E-state index is 0. The SMILES string of the molecule is CN1[CH-]N(c2[c-]cccc2)c2ccccc21.CN1[CH-]N(c2[c-]cccc2)c2ccccc21.[Pt].[Pt].c1cnc2[n-]ncc2c1.c1cnc2[n-]ncc2c1. The molecule has 4 aromatic carbocycles. The summed E-state index contributed by atoms with van der Waals surface area (Å²) in [4.78, 5) is 16.5. The van der Waals surface area contributed by atoms with E-state index in [1.165, 1.54) is 22.7 Å². The predicted octanol–water partition coefficient (Wildman–Crippen LogP) is 7.56. The Morgan fingerprint density at radius 2 is 0.904 bits per heavy atom. The molecule has 0 amide bonds. The number of anilines is 6. The maximum atomic E-state index is 3.97. The van der Waals surface area contributed by atoms with Crippen LogP contribution in [0.5, 0.6) is 0 Å². The quantitative estimate of drug-likeness (QED) is 0.162. The van der Waals surface area contributed by atoms with Crippen molar-refractivity contribution in [1.29, 1.82) is 0 Å². The van der Waals surface area contributed by atoms with E-state index < -0.39 is 0 Å². The molecule has 0 radical (unpaired) electrons. The molecule has 0 unspecified atom stereocenters. The van der Waals surface area contributed by atoms with Gasteiger partial charge in [0.1, 0.15) is 0 Å². The maximum absolute atomic E-state index is 3.97. The zero-order chi connectivity index (χ0) is 34.1. The van der Waals surface area contributed by atoms with Crippen molar-refractivity contribution < 1.29 is 42.1 Å². The first kappa shape index (κ1) is 37.9. The minimum Gasteiger partial charge on any atom is -0.504 e. The molecule has 12 heteroatoms. The van der Waals surface area contributed by atoms with Gasteiger partial charge in [0.05, 0.1) is 0 Å². The fraction of sp³-hybridized carbons (Fsp3) is 0.0500. The molecule has 268 valence electrons. The summed E-state index contributed by atoms with van der Waals surface area (Å²) in [5.74, 6) is 0. The second-order valence-corrected chi connectivity index (χ2v) is 11.2. The number of para-hydroxylation sites is 6. The Kier molecular flexibility index (Phi) is 13.3. The van der Waals surface area contributed by atoms with Crippen LogP contribution in [-0.4, -0.2) is 34.3 Å². The van der Waals surface area contributed by atoms with Gasteiger partial charge >= 0.3 is 0 Å². The Labute approximate surface area is 332 Å². The summed E-state index contributed by atoms with van der Waals surface area (Å²) < 4.78 is 0. The molecule has 8 aromatic rings. The Bertz CT molecular complexity index is 2040. The average Bonchev–Trinajstić information content (AvgIpc) is 3.99. The Hall–Kier alpha value is -5.30. The van der Waals surface area contributed by atoms with Crippen molar-refractivity contribution in [3.8, 4) is 0 Å². The first-order chi connectivity index (χ1) is 24.7. The predicted molar refractivity (Wildman–Crippen MR) is 199 cm³/mol. The smallest absolute Gasteiger partial charge is 0.0331 e. The van der Waals surface area contributed by atoms with Crippen LogP contribution in [0.2, 0.25) is 0 Å². The molecule has 0 aliphatic carbocycles. The summed E-state index contributed by atoms with van der Waals surface area (Å²) in [6.07, 6.45) is 6.80. The molecule has 0 atom stereocenters. The van der Waals surface area contributed by atoms with E-state index in [1.807, 2.05) is 60.7 Å². The number of rotatable bonds is 2. The van der Waals surface area contributed by atoms with Crippen molar-refractivity contribution in [3.05, 3.63) is 172 Å². The molecule has 0 N–H and O–H groups in total. The molecule has 2 aliphatic heterocycles. The largest absolute Gasteiger partial charge is 0.504 e. The topological polar surface area (TPSA) is 92.7 Å². The molecule has 0 fully saturated rings. The number of nitrogens with zero attached hydrogens (tertiary/aromatic N) is 10. The fourth-order valence-electron chi connectivity index (χ4n) is 5.46. The Morgan fingerprint density at radius 1 is 0.500 bits per heavy atom. The van der Waals surface area contributed by atoms with Crippen LogP contribution >= 0.6 is 0 Å². The van der Waals surface area contributed by atoms with Crippen LogP contribution in [0.1, 0.15) is 0 Å². The maximum Gasteiger partial charge on any atom is 0.0331 e. The van der Waals surface area contributed by atoms with Gasteiger partial charge in [0, 0.05) is 77.3 Å². The van der Waals surface area contributed by atoms with E-state index in [0.717, 1.165) is 33.4 Å². The molecule has 0 saturated carbocycles. The molecular formula is C40H32N10Pt2-6. The second-order valence-electron chi connectivity index (χ2n) is 11.2. The van der Waals surface area contributed by atoms with Gasteiger partial charge in [-0.3, -0.25) is 10.2 Å². The van der Waals surface area contributed by atoms with Crippen LogP contribution in [0.3, 0.4) is 0 Å². The molecule has 0 spiro atoms. The fourth-order valence-corrected chi connectivity index (χ4v) is 5.46. The van der Waals surface area contributed by atoms with Crippen molar-refractivity contribution in [2.75, 3.05) is 33.7 Å². The minimum atomic E-state index is 0. The standard InChI is InChI=1S/2C14H12N2.2C6H4N3.2Pt/c2*1-15-11-16(12-7-3-2-4-8-12)14-10-6-5-9-13(14)15;2*1-2-5-4-8-9-6(5)7-3-1;;/h2*2-7,9-11H,1H3;2*1-4H;;/q2*-2;2*-1;;. The van der Waals surface area contributed by atoms with Crippen molar-refractivity contribution in [2.24, 2.45) is 0 Å². The summed E-state index contributed by atoms with van der Waals surface area (Å²) in [6, 6.07) is 46.8. The van der Waals surface area contributed by atoms with Gasteiger partial charge in [-0.1, -0.05) is 60.9 Å². The van der Waals surface area contributed by atoms with Crippen LogP contribution in [-0.2, 0) is 42.1 Å². The van der Waals surface area contributed by atoms with E-state index in [4.69, 9.17) is 0 Å². The first-order valence-electron chi connectivity index (χ1n) is 15.9. The molecule has 6 heterocycles. The van der Waals surface area contributed by atoms with Crippen LogP contribution in [0.15, 0.2) is 146 Å². The van der Waals surface area contributed by atoms with Crippen LogP contribution in [0.25, 0.3) is 22.1 Å². The second kappa shape index (κ2) is 18.3. The van der Waals surface area contributed by atoms with Crippen molar-refractivity contribution in [3.63, 3.8) is 0 Å². The molecule has 2 aliphatic rings. The van der Waals surface area contributed by atoms with E-state index in [1.54, 1.807) is 24.8 Å². The van der Waals surface area contributed by atoms with Gasteiger partial charge in [-0.05, 0) is 60.4 Å². The molecule has 10 nitrogen and oxygen atoms in total. The molecule has 10 rings (SSSR count). The van der Waals surface area contributed by atoms with Crippen LogP contribution in [0.4, 0.5) is 34.1 Å². The summed E-state index contributed by atoms with van der Waals surface area (Å²) in [5.41, 5.74) is 8.42. The molecule has 4 aromatic heterocycles. The van der Waals surface area contributed by atoms with E-state index in [-0.39, 0.29) is 42.1 Å². The molecular weight excluding hydrogens is 1010 g/mol. The van der Waals surface area contributed by atoms with E-state index in [0.29, 0.717) is 0 Å². The van der Waals surface area contributed by atoms with Gasteiger partial charge < -0.3 is 39.8 Å². The number of hydrogen-bond acceptors (Lipinski definition) is 8. The van der Waals surface area contributed by atoms with E-state index in [9.17, 15) is 0 Å². The summed E-state index contributed by atoms with van der Waals surface area (Å²) in [6.45, 7) is 4.16. The average molecular weight is 1040 g/mol. The number of pyridine rings is 2. The van der Waals surface area contributed by atoms with Crippen LogP contribution < -0.4 is 29.8 Å². The van der Waals surface area contributed by atoms with Crippen LogP contribution in [0, 0.1) is 25.5 Å². The third-order valence-electron chi connectivity index (χ3n) is 7.86. The van der Waals surface area contributed by atoms with Crippen molar-refractivity contribution in [1.82, 2.24) is 30.4 Å². The normalized spacial score (nSPS) is 12.2. The first-order valence-corrected chi connectivity index (χ1v) is 15.9. The summed E-state index contributed by atoms with van der Waals surface area (Å²) in [7, 11) is 4.11. The van der Waals surface area contributed by atoms with Crippen molar-refractivity contribution in [2.45, 2.75) is 0 Å². The Balaban J connectivity index is 0.000000137. The third-order valence-corrected chi connectivity index (χ3v) is 7.86. The van der Waals surface area contributed by atoms with Crippen molar-refractivity contribution >= 4 is 56.2 Å². The van der Waals surface area contributed by atoms with E-state index >= 15 is 0 Å². The third kappa shape index (κ3) is 8.76. The zero-order valence-corrected chi connectivity index (χ0v) is 32.7. The van der Waals surface area contributed by atoms with Gasteiger partial charge in [-0.15, -0.1) is 11.4 Å². The number of fused-ring (bicyclic) bond motifs is 4. The van der Waals surface area contributed by atoms with Gasteiger partial charge in [0.25, 0.3) is 0 Å². The molecule has 0 saturated heterocycles. The van der Waals surface area contributed by atoms with Gasteiger partial charge in [-0.2, -0.15) is 74.0 Å².